The van der Waals surface area contributed by atoms with Gasteiger partial charge in [0.25, 0.3) is 0 Å². The lowest BCUT2D eigenvalue weighted by atomic mass is 9.77. The number of hydrogen-bond acceptors (Lipinski definition) is 3. The highest BCUT2D eigenvalue weighted by molar-refractivity contribution is 5.88. The molecule has 4 nitrogen and oxygen atoms in total. The number of nitrogens with zero attached hydrogens (tertiary/aromatic N) is 1. The van der Waals surface area contributed by atoms with Gasteiger partial charge in [0.15, 0.2) is 0 Å². The van der Waals surface area contributed by atoms with Crippen molar-refractivity contribution in [2.75, 3.05) is 0 Å². The summed E-state index contributed by atoms with van der Waals surface area (Å²) >= 11 is 0. The van der Waals surface area contributed by atoms with Crippen molar-refractivity contribution in [1.82, 2.24) is 4.90 Å². The van der Waals surface area contributed by atoms with Crippen LogP contribution in [0.2, 0.25) is 0 Å². The van der Waals surface area contributed by atoms with Crippen LogP contribution in [0.5, 0.6) is 5.75 Å². The first kappa shape index (κ1) is 24.5. The van der Waals surface area contributed by atoms with Gasteiger partial charge in [0, 0.05) is 23.7 Å². The van der Waals surface area contributed by atoms with Gasteiger partial charge in [-0.05, 0) is 92.7 Å². The van der Waals surface area contributed by atoms with Crippen molar-refractivity contribution in [3.05, 3.63) is 41.5 Å². The number of halogens is 1. The van der Waals surface area contributed by atoms with Crippen LogP contribution in [0.25, 0.3) is 10.8 Å². The minimum absolute atomic E-state index is 0.172. The van der Waals surface area contributed by atoms with Gasteiger partial charge in [0.1, 0.15) is 12.4 Å². The van der Waals surface area contributed by atoms with Crippen molar-refractivity contribution in [3.8, 4) is 5.75 Å². The van der Waals surface area contributed by atoms with E-state index in [-0.39, 0.29) is 18.1 Å². The van der Waals surface area contributed by atoms with Crippen LogP contribution in [0.3, 0.4) is 0 Å². The lowest BCUT2D eigenvalue weighted by molar-refractivity contribution is -0.147. The number of carboxylic acids is 1. The molecule has 5 heteroatoms. The summed E-state index contributed by atoms with van der Waals surface area (Å²) in [6.07, 6.45) is 10.7. The highest BCUT2D eigenvalue weighted by Gasteiger charge is 2.42. The molecule has 0 amide bonds. The van der Waals surface area contributed by atoms with Gasteiger partial charge in [-0.2, -0.15) is 0 Å². The second-order valence-electron chi connectivity index (χ2n) is 11.2. The van der Waals surface area contributed by atoms with Gasteiger partial charge in [-0.25, -0.2) is 4.39 Å². The third kappa shape index (κ3) is 4.94. The van der Waals surface area contributed by atoms with E-state index in [1.165, 1.54) is 31.2 Å². The molecule has 2 bridgehead atoms. The predicted octanol–water partition coefficient (Wildman–Crippen LogP) is 7.44. The molecule has 2 saturated heterocycles. The molecule has 0 radical (unpaired) electrons. The van der Waals surface area contributed by atoms with Crippen LogP contribution in [0, 0.1) is 11.8 Å². The zero-order valence-electron chi connectivity index (χ0n) is 21.2. The number of carbonyl (C=O) groups is 1. The summed E-state index contributed by atoms with van der Waals surface area (Å²) < 4.78 is 20.8. The SMILES string of the molecule is CCC1CCC(Oc2ccc3ccc(C(C)N4C5CCCC4CC(C(=O)O)C5)cc3c2CF)CC1. The largest absolute Gasteiger partial charge is 0.490 e. The molecule has 2 heterocycles. The van der Waals surface area contributed by atoms with Gasteiger partial charge in [0.05, 0.1) is 12.0 Å². The maximum absolute atomic E-state index is 14.4. The zero-order valence-corrected chi connectivity index (χ0v) is 21.2. The molecule has 2 aromatic rings. The first-order chi connectivity index (χ1) is 17.0. The van der Waals surface area contributed by atoms with E-state index in [4.69, 9.17) is 4.74 Å². The molecule has 3 unspecified atom stereocenters. The second kappa shape index (κ2) is 10.5. The topological polar surface area (TPSA) is 49.8 Å². The molecule has 1 saturated carbocycles. The van der Waals surface area contributed by atoms with Gasteiger partial charge in [-0.15, -0.1) is 0 Å². The number of hydrogen-bond donors (Lipinski definition) is 1. The van der Waals surface area contributed by atoms with Crippen LogP contribution in [-0.4, -0.2) is 34.2 Å². The Morgan fingerprint density at radius 2 is 1.77 bits per heavy atom. The normalized spacial score (nSPS) is 30.2. The van der Waals surface area contributed by atoms with Crippen LogP contribution < -0.4 is 4.74 Å². The standard InChI is InChI=1S/C30H40FNO3/c1-3-20-7-12-26(13-8-20)35-29-14-11-21-9-10-22(17-27(21)28(29)18-31)19(2)32-24-5-4-6-25(32)16-23(15-24)30(33)34/h9-11,14,17,19-20,23-26H,3-8,12-13,15-16,18H2,1-2H3,(H,33,34). The third-order valence-corrected chi connectivity index (χ3v) is 9.22. The van der Waals surface area contributed by atoms with Crippen molar-refractivity contribution < 1.29 is 19.0 Å². The minimum atomic E-state index is -0.650. The number of ether oxygens (including phenoxy) is 1. The molecule has 3 aliphatic rings. The third-order valence-electron chi connectivity index (χ3n) is 9.22. The number of carboxylic acid groups (broad SMARTS) is 1. The molecule has 3 atom stereocenters. The fourth-order valence-corrected chi connectivity index (χ4v) is 7.15. The van der Waals surface area contributed by atoms with Crippen LogP contribution in [0.4, 0.5) is 4.39 Å². The van der Waals surface area contributed by atoms with Crippen LogP contribution >= 0.6 is 0 Å². The van der Waals surface area contributed by atoms with Crippen LogP contribution in [0.15, 0.2) is 30.3 Å². The Hall–Kier alpha value is -2.14. The lowest BCUT2D eigenvalue weighted by Crippen LogP contribution is -2.53. The lowest BCUT2D eigenvalue weighted by Gasteiger charge is -2.51. The summed E-state index contributed by atoms with van der Waals surface area (Å²) in [5.41, 5.74) is 1.84. The number of fused-ring (bicyclic) bond motifs is 3. The number of benzene rings is 2. The summed E-state index contributed by atoms with van der Waals surface area (Å²) in [4.78, 5) is 14.3. The van der Waals surface area contributed by atoms with Crippen molar-refractivity contribution in [2.24, 2.45) is 11.8 Å². The molecule has 0 aromatic heterocycles. The zero-order chi connectivity index (χ0) is 24.5. The minimum Gasteiger partial charge on any atom is -0.490 e. The molecule has 35 heavy (non-hydrogen) atoms. The molecular weight excluding hydrogens is 441 g/mol. The average molecular weight is 482 g/mol. The summed E-state index contributed by atoms with van der Waals surface area (Å²) in [5, 5.41) is 11.6. The molecule has 2 aliphatic heterocycles. The fourth-order valence-electron chi connectivity index (χ4n) is 7.15. The quantitative estimate of drug-likeness (QED) is 0.447. The van der Waals surface area contributed by atoms with E-state index in [1.54, 1.807) is 0 Å². The van der Waals surface area contributed by atoms with Gasteiger partial charge in [-0.1, -0.05) is 38.0 Å². The maximum Gasteiger partial charge on any atom is 0.306 e. The molecule has 2 aromatic carbocycles. The fraction of sp³-hybridized carbons (Fsp3) is 0.633. The molecule has 5 rings (SSSR count). The average Bonchev–Trinajstić information content (AvgIpc) is 2.87. The number of alkyl halides is 1. The first-order valence-electron chi connectivity index (χ1n) is 13.8. The van der Waals surface area contributed by atoms with E-state index >= 15 is 0 Å². The van der Waals surface area contributed by atoms with Crippen LogP contribution in [-0.2, 0) is 11.5 Å². The van der Waals surface area contributed by atoms with Crippen molar-refractivity contribution in [2.45, 2.75) is 109 Å². The molecule has 190 valence electrons. The smallest absolute Gasteiger partial charge is 0.306 e. The number of aliphatic carboxylic acids is 1. The van der Waals surface area contributed by atoms with Gasteiger partial charge >= 0.3 is 5.97 Å². The summed E-state index contributed by atoms with van der Waals surface area (Å²) in [7, 11) is 0. The van der Waals surface area contributed by atoms with E-state index in [0.717, 1.165) is 55.2 Å². The summed E-state index contributed by atoms with van der Waals surface area (Å²) in [6, 6.07) is 11.2. The summed E-state index contributed by atoms with van der Waals surface area (Å²) in [6.45, 7) is 3.95. The first-order valence-corrected chi connectivity index (χ1v) is 13.8. The Labute approximate surface area is 208 Å². The number of rotatable bonds is 7. The Morgan fingerprint density at radius 1 is 1.09 bits per heavy atom. The molecule has 3 fully saturated rings. The van der Waals surface area contributed by atoms with Crippen molar-refractivity contribution in [1.29, 1.82) is 0 Å². The summed E-state index contributed by atoms with van der Waals surface area (Å²) in [5.74, 6) is 0.624. The highest BCUT2D eigenvalue weighted by atomic mass is 19.1. The second-order valence-corrected chi connectivity index (χ2v) is 11.2. The Bertz CT molecular complexity index is 1030. The maximum atomic E-state index is 14.4. The van der Waals surface area contributed by atoms with E-state index < -0.39 is 12.6 Å². The monoisotopic (exact) mass is 481 g/mol. The van der Waals surface area contributed by atoms with Gasteiger partial charge < -0.3 is 9.84 Å². The molecule has 0 spiro atoms. The van der Waals surface area contributed by atoms with E-state index in [9.17, 15) is 14.3 Å². The van der Waals surface area contributed by atoms with Crippen LogP contribution in [0.1, 0.15) is 95.2 Å². The Morgan fingerprint density at radius 3 is 2.40 bits per heavy atom. The highest BCUT2D eigenvalue weighted by Crippen LogP contribution is 2.43. The van der Waals surface area contributed by atoms with Gasteiger partial charge in [-0.3, -0.25) is 9.69 Å². The Balaban J connectivity index is 1.40. The molecule has 1 aliphatic carbocycles. The Kier molecular flexibility index (Phi) is 7.34. The predicted molar refractivity (Wildman–Crippen MR) is 137 cm³/mol. The van der Waals surface area contributed by atoms with E-state index in [1.807, 2.05) is 6.07 Å². The number of piperidine rings is 2. The van der Waals surface area contributed by atoms with Crippen molar-refractivity contribution >= 4 is 16.7 Å². The molecular formula is C30H40FNO3. The van der Waals surface area contributed by atoms with E-state index in [0.29, 0.717) is 23.4 Å². The molecule has 1 N–H and O–H groups in total. The van der Waals surface area contributed by atoms with Crippen molar-refractivity contribution in [3.63, 3.8) is 0 Å². The van der Waals surface area contributed by atoms with Gasteiger partial charge in [0.2, 0.25) is 0 Å². The van der Waals surface area contributed by atoms with E-state index in [2.05, 4.69) is 43.0 Å².